The lowest BCUT2D eigenvalue weighted by Gasteiger charge is -2.02. The number of pyridine rings is 1. The van der Waals surface area contributed by atoms with Gasteiger partial charge >= 0.3 is 6.18 Å². The molecule has 0 fully saturated rings. The zero-order valence-corrected chi connectivity index (χ0v) is 7.67. The van der Waals surface area contributed by atoms with E-state index in [9.17, 15) is 13.2 Å². The molecule has 2 aromatic rings. The molecule has 0 aliphatic heterocycles. The number of aromatic nitrogens is 3. The van der Waals surface area contributed by atoms with Crippen molar-refractivity contribution < 1.29 is 13.2 Å². The number of rotatable bonds is 2. The largest absolute Gasteiger partial charge is 0.389 e. The molecular formula is C9H8F3N3. The van der Waals surface area contributed by atoms with Gasteiger partial charge in [0.25, 0.3) is 0 Å². The Morgan fingerprint density at radius 1 is 1.33 bits per heavy atom. The predicted octanol–water partition coefficient (Wildman–Crippen LogP) is 2.45. The fourth-order valence-corrected chi connectivity index (χ4v) is 1.29. The van der Waals surface area contributed by atoms with Crippen LogP contribution >= 0.6 is 0 Å². The van der Waals surface area contributed by atoms with E-state index in [4.69, 9.17) is 0 Å². The van der Waals surface area contributed by atoms with E-state index in [0.717, 1.165) is 0 Å². The topological polar surface area (TPSA) is 41.6 Å². The average Bonchev–Trinajstić information content (AvgIpc) is 2.56. The standard InChI is InChI=1S/C9H8F3N3/c10-9(11,12)3-1-8-14-6-2-4-13-5-7(6)15-8/h2,4-5H,1,3H2,(H,14,15). The number of halogens is 3. The van der Waals surface area contributed by atoms with Crippen LogP contribution in [-0.4, -0.2) is 21.1 Å². The van der Waals surface area contributed by atoms with Crippen LogP contribution in [0.5, 0.6) is 0 Å². The van der Waals surface area contributed by atoms with E-state index in [2.05, 4.69) is 15.0 Å². The van der Waals surface area contributed by atoms with Gasteiger partial charge < -0.3 is 4.98 Å². The van der Waals surface area contributed by atoms with Crippen molar-refractivity contribution in [1.29, 1.82) is 0 Å². The van der Waals surface area contributed by atoms with Crippen LogP contribution in [0.4, 0.5) is 13.2 Å². The third-order valence-electron chi connectivity index (χ3n) is 1.98. The van der Waals surface area contributed by atoms with Gasteiger partial charge in [-0.2, -0.15) is 13.2 Å². The lowest BCUT2D eigenvalue weighted by molar-refractivity contribution is -0.134. The van der Waals surface area contributed by atoms with Crippen LogP contribution in [0, 0.1) is 0 Å². The third kappa shape index (κ3) is 2.45. The van der Waals surface area contributed by atoms with Crippen molar-refractivity contribution in [3.05, 3.63) is 24.3 Å². The monoisotopic (exact) mass is 215 g/mol. The van der Waals surface area contributed by atoms with Crippen LogP contribution in [0.25, 0.3) is 11.0 Å². The van der Waals surface area contributed by atoms with E-state index in [-0.39, 0.29) is 6.42 Å². The van der Waals surface area contributed by atoms with Crippen LogP contribution in [0.15, 0.2) is 18.5 Å². The number of hydrogen-bond donors (Lipinski definition) is 1. The van der Waals surface area contributed by atoms with E-state index >= 15 is 0 Å². The summed E-state index contributed by atoms with van der Waals surface area (Å²) in [5.74, 6) is 0.343. The maximum absolute atomic E-state index is 11.9. The van der Waals surface area contributed by atoms with Crippen molar-refractivity contribution >= 4 is 11.0 Å². The summed E-state index contributed by atoms with van der Waals surface area (Å²) in [6.07, 6.45) is -2.04. The Bertz CT molecular complexity index is 428. The fourth-order valence-electron chi connectivity index (χ4n) is 1.29. The van der Waals surface area contributed by atoms with Gasteiger partial charge in [-0.1, -0.05) is 0 Å². The minimum Gasteiger partial charge on any atom is -0.341 e. The molecule has 15 heavy (non-hydrogen) atoms. The Hall–Kier alpha value is -1.59. The molecule has 0 bridgehead atoms. The SMILES string of the molecule is FC(F)(F)CCc1nc2ccncc2[nH]1. The Morgan fingerprint density at radius 2 is 2.13 bits per heavy atom. The Morgan fingerprint density at radius 3 is 2.80 bits per heavy atom. The molecule has 80 valence electrons. The first-order valence-electron chi connectivity index (χ1n) is 4.40. The third-order valence-corrected chi connectivity index (χ3v) is 1.98. The maximum Gasteiger partial charge on any atom is 0.389 e. The number of nitrogens with zero attached hydrogens (tertiary/aromatic N) is 2. The lowest BCUT2D eigenvalue weighted by Crippen LogP contribution is -2.09. The number of imidazole rings is 1. The first kappa shape index (κ1) is 9.95. The minimum atomic E-state index is -4.14. The number of nitrogens with one attached hydrogen (secondary N) is 1. The predicted molar refractivity (Wildman–Crippen MR) is 48.3 cm³/mol. The van der Waals surface area contributed by atoms with Gasteiger partial charge in [0.05, 0.1) is 23.7 Å². The lowest BCUT2D eigenvalue weighted by atomic mass is 10.3. The Labute approximate surface area is 83.4 Å². The molecule has 0 amide bonds. The molecule has 0 aliphatic rings. The van der Waals surface area contributed by atoms with Gasteiger partial charge in [-0.05, 0) is 6.07 Å². The average molecular weight is 215 g/mol. The van der Waals surface area contributed by atoms with Gasteiger partial charge in [-0.15, -0.1) is 0 Å². The molecule has 0 radical (unpaired) electrons. The zero-order valence-electron chi connectivity index (χ0n) is 7.67. The molecule has 0 unspecified atom stereocenters. The molecule has 3 nitrogen and oxygen atoms in total. The van der Waals surface area contributed by atoms with Crippen molar-refractivity contribution in [1.82, 2.24) is 15.0 Å². The molecule has 2 rings (SSSR count). The first-order chi connectivity index (χ1) is 7.04. The highest BCUT2D eigenvalue weighted by atomic mass is 19.4. The molecule has 0 spiro atoms. The summed E-state index contributed by atoms with van der Waals surface area (Å²) in [5.41, 5.74) is 1.30. The second-order valence-electron chi connectivity index (χ2n) is 3.19. The minimum absolute atomic E-state index is 0.127. The second-order valence-corrected chi connectivity index (χ2v) is 3.19. The number of fused-ring (bicyclic) bond motifs is 1. The summed E-state index contributed by atoms with van der Waals surface area (Å²) in [7, 11) is 0. The smallest absolute Gasteiger partial charge is 0.341 e. The summed E-state index contributed by atoms with van der Waals surface area (Å²) in [6.45, 7) is 0. The van der Waals surface area contributed by atoms with Crippen LogP contribution in [-0.2, 0) is 6.42 Å². The van der Waals surface area contributed by atoms with E-state index in [1.807, 2.05) is 0 Å². The molecule has 0 saturated carbocycles. The van der Waals surface area contributed by atoms with Gasteiger partial charge in [0.1, 0.15) is 5.82 Å². The maximum atomic E-state index is 11.9. The van der Waals surface area contributed by atoms with Crippen molar-refractivity contribution in [2.45, 2.75) is 19.0 Å². The molecule has 0 aliphatic carbocycles. The number of alkyl halides is 3. The van der Waals surface area contributed by atoms with Crippen LogP contribution < -0.4 is 0 Å². The number of aryl methyl sites for hydroxylation is 1. The molecule has 6 heteroatoms. The Balaban J connectivity index is 2.16. The van der Waals surface area contributed by atoms with Crippen molar-refractivity contribution in [3.8, 4) is 0 Å². The van der Waals surface area contributed by atoms with Crippen molar-refractivity contribution in [3.63, 3.8) is 0 Å². The second kappa shape index (κ2) is 3.52. The van der Waals surface area contributed by atoms with Gasteiger partial charge in [-0.25, -0.2) is 4.98 Å². The van der Waals surface area contributed by atoms with Gasteiger partial charge in [0, 0.05) is 12.6 Å². The molecule has 2 aromatic heterocycles. The van der Waals surface area contributed by atoms with Crippen LogP contribution in [0.2, 0.25) is 0 Å². The van der Waals surface area contributed by atoms with E-state index in [1.165, 1.54) is 0 Å². The number of hydrogen-bond acceptors (Lipinski definition) is 2. The first-order valence-corrected chi connectivity index (χ1v) is 4.40. The highest BCUT2D eigenvalue weighted by molar-refractivity contribution is 5.73. The zero-order chi connectivity index (χ0) is 10.9. The van der Waals surface area contributed by atoms with Crippen LogP contribution in [0.3, 0.4) is 0 Å². The van der Waals surface area contributed by atoms with Gasteiger partial charge in [0.2, 0.25) is 0 Å². The van der Waals surface area contributed by atoms with E-state index < -0.39 is 12.6 Å². The summed E-state index contributed by atoms with van der Waals surface area (Å²) in [5, 5.41) is 0. The molecular weight excluding hydrogens is 207 g/mol. The summed E-state index contributed by atoms with van der Waals surface area (Å²) < 4.78 is 35.8. The summed E-state index contributed by atoms with van der Waals surface area (Å²) in [6, 6.07) is 1.66. The van der Waals surface area contributed by atoms with E-state index in [1.54, 1.807) is 18.5 Å². The Kier molecular flexibility index (Phi) is 2.34. The van der Waals surface area contributed by atoms with Crippen molar-refractivity contribution in [2.24, 2.45) is 0 Å². The molecule has 1 N–H and O–H groups in total. The van der Waals surface area contributed by atoms with Crippen molar-refractivity contribution in [2.75, 3.05) is 0 Å². The summed E-state index contributed by atoms with van der Waals surface area (Å²) in [4.78, 5) is 10.7. The number of H-pyrrole nitrogens is 1. The highest BCUT2D eigenvalue weighted by Crippen LogP contribution is 2.21. The highest BCUT2D eigenvalue weighted by Gasteiger charge is 2.27. The molecule has 0 atom stereocenters. The van der Waals surface area contributed by atoms with E-state index in [0.29, 0.717) is 16.9 Å². The van der Waals surface area contributed by atoms with Gasteiger partial charge in [0.15, 0.2) is 0 Å². The fraction of sp³-hybridized carbons (Fsp3) is 0.333. The van der Waals surface area contributed by atoms with Crippen LogP contribution in [0.1, 0.15) is 12.2 Å². The van der Waals surface area contributed by atoms with Gasteiger partial charge in [-0.3, -0.25) is 4.98 Å². The summed E-state index contributed by atoms with van der Waals surface area (Å²) >= 11 is 0. The number of aromatic amines is 1. The normalized spacial score (nSPS) is 12.2. The molecule has 0 aromatic carbocycles. The molecule has 0 saturated heterocycles. The molecule has 2 heterocycles. The quantitative estimate of drug-likeness (QED) is 0.835.